The van der Waals surface area contributed by atoms with Gasteiger partial charge in [0.05, 0.1) is 23.8 Å². The Labute approximate surface area is 115 Å². The Morgan fingerprint density at radius 1 is 1.50 bits per heavy atom. The van der Waals surface area contributed by atoms with Crippen LogP contribution in [0.5, 0.6) is 5.75 Å². The quantitative estimate of drug-likeness (QED) is 0.644. The van der Waals surface area contributed by atoms with Crippen molar-refractivity contribution in [2.24, 2.45) is 0 Å². The Kier molecular flexibility index (Phi) is 3.88. The second-order valence-electron chi connectivity index (χ2n) is 4.35. The van der Waals surface area contributed by atoms with Crippen LogP contribution in [0.15, 0.2) is 18.2 Å². The predicted octanol–water partition coefficient (Wildman–Crippen LogP) is 2.53. The molecule has 0 radical (unpaired) electrons. The zero-order valence-electron chi connectivity index (χ0n) is 11.3. The van der Waals surface area contributed by atoms with Crippen LogP contribution in [0.1, 0.15) is 18.9 Å². The molecule has 0 amide bonds. The van der Waals surface area contributed by atoms with Gasteiger partial charge in [0.25, 0.3) is 5.69 Å². The first-order valence-corrected chi connectivity index (χ1v) is 6.24. The maximum atomic E-state index is 10.8. The van der Waals surface area contributed by atoms with Gasteiger partial charge in [-0.3, -0.25) is 15.2 Å². The molecular weight excluding hydrogens is 260 g/mol. The number of non-ortho nitro benzene ring substituents is 1. The summed E-state index contributed by atoms with van der Waals surface area (Å²) in [6.07, 6.45) is 1.70. The van der Waals surface area contributed by atoms with Gasteiger partial charge in [0, 0.05) is 17.2 Å². The minimum absolute atomic E-state index is 0.0184. The number of nitrogens with one attached hydrogen (secondary N) is 1. The number of hydrogen-bond donors (Lipinski definition) is 2. The number of hydrogen-bond acceptors (Lipinski definition) is 5. The van der Waals surface area contributed by atoms with Crippen LogP contribution < -0.4 is 10.5 Å². The van der Waals surface area contributed by atoms with E-state index in [1.54, 1.807) is 6.07 Å². The molecule has 3 N–H and O–H groups in total. The van der Waals surface area contributed by atoms with Crippen molar-refractivity contribution >= 4 is 11.5 Å². The summed E-state index contributed by atoms with van der Waals surface area (Å²) in [6.45, 7) is 2.04. The number of aromatic amines is 1. The molecule has 2 rings (SSSR count). The lowest BCUT2D eigenvalue weighted by atomic mass is 10.0. The summed E-state index contributed by atoms with van der Waals surface area (Å²) in [7, 11) is 1.47. The number of methoxy groups -OCH3 is 1. The highest BCUT2D eigenvalue weighted by Gasteiger charge is 2.18. The number of nitro benzene ring substituents is 1. The van der Waals surface area contributed by atoms with Gasteiger partial charge in [-0.05, 0) is 12.5 Å². The molecule has 106 valence electrons. The van der Waals surface area contributed by atoms with Crippen molar-refractivity contribution in [1.82, 2.24) is 10.2 Å². The summed E-state index contributed by atoms with van der Waals surface area (Å²) in [4.78, 5) is 10.3. The standard InChI is InChI=1S/C13H16N4O3/c1-3-4-10-12(15-16-13(10)14)9-6-5-8(17(18)19)7-11(9)20-2/h5-7H,3-4H2,1-2H3,(H3,14,15,16). The van der Waals surface area contributed by atoms with E-state index in [-0.39, 0.29) is 5.69 Å². The van der Waals surface area contributed by atoms with E-state index in [2.05, 4.69) is 10.2 Å². The van der Waals surface area contributed by atoms with Gasteiger partial charge in [0.1, 0.15) is 11.6 Å². The molecule has 0 aliphatic rings. The van der Waals surface area contributed by atoms with Gasteiger partial charge < -0.3 is 10.5 Å². The third-order valence-electron chi connectivity index (χ3n) is 3.06. The van der Waals surface area contributed by atoms with Gasteiger partial charge in [-0.1, -0.05) is 13.3 Å². The molecule has 1 heterocycles. The van der Waals surface area contributed by atoms with Crippen LogP contribution in [0.2, 0.25) is 0 Å². The lowest BCUT2D eigenvalue weighted by Crippen LogP contribution is -1.96. The van der Waals surface area contributed by atoms with Crippen molar-refractivity contribution in [3.63, 3.8) is 0 Å². The third-order valence-corrected chi connectivity index (χ3v) is 3.06. The van der Waals surface area contributed by atoms with Crippen molar-refractivity contribution < 1.29 is 9.66 Å². The van der Waals surface area contributed by atoms with Crippen LogP contribution in [0, 0.1) is 10.1 Å². The monoisotopic (exact) mass is 276 g/mol. The fraction of sp³-hybridized carbons (Fsp3) is 0.308. The first-order valence-electron chi connectivity index (χ1n) is 6.24. The number of nitro groups is 1. The number of anilines is 1. The van der Waals surface area contributed by atoms with Crippen molar-refractivity contribution in [3.8, 4) is 17.0 Å². The van der Waals surface area contributed by atoms with Crippen LogP contribution in [-0.4, -0.2) is 22.2 Å². The lowest BCUT2D eigenvalue weighted by molar-refractivity contribution is -0.384. The van der Waals surface area contributed by atoms with Gasteiger partial charge >= 0.3 is 0 Å². The summed E-state index contributed by atoms with van der Waals surface area (Å²) in [5.74, 6) is 0.863. The van der Waals surface area contributed by atoms with E-state index in [1.165, 1.54) is 19.2 Å². The average molecular weight is 276 g/mol. The number of nitrogens with two attached hydrogens (primary N) is 1. The van der Waals surface area contributed by atoms with E-state index in [4.69, 9.17) is 10.5 Å². The number of rotatable bonds is 5. The molecule has 0 unspecified atom stereocenters. The summed E-state index contributed by atoms with van der Waals surface area (Å²) in [5, 5.41) is 17.7. The minimum Gasteiger partial charge on any atom is -0.496 e. The Bertz CT molecular complexity index is 637. The zero-order valence-corrected chi connectivity index (χ0v) is 11.3. The Balaban J connectivity index is 2.55. The molecule has 0 aliphatic heterocycles. The number of nitrogens with zero attached hydrogens (tertiary/aromatic N) is 2. The summed E-state index contributed by atoms with van der Waals surface area (Å²) < 4.78 is 5.24. The van der Waals surface area contributed by atoms with E-state index in [1.807, 2.05) is 6.92 Å². The second kappa shape index (κ2) is 5.60. The number of ether oxygens (including phenoxy) is 1. The fourth-order valence-electron chi connectivity index (χ4n) is 2.11. The predicted molar refractivity (Wildman–Crippen MR) is 75.6 cm³/mol. The summed E-state index contributed by atoms with van der Waals surface area (Å²) in [5.41, 5.74) is 8.19. The van der Waals surface area contributed by atoms with E-state index in [0.717, 1.165) is 24.1 Å². The SMILES string of the molecule is CCCc1c(N)n[nH]c1-c1ccc([N+](=O)[O-])cc1OC. The lowest BCUT2D eigenvalue weighted by Gasteiger charge is -2.08. The number of aromatic nitrogens is 2. The van der Waals surface area contributed by atoms with Crippen LogP contribution >= 0.6 is 0 Å². The highest BCUT2D eigenvalue weighted by molar-refractivity contribution is 5.74. The molecule has 0 atom stereocenters. The molecule has 0 bridgehead atoms. The highest BCUT2D eigenvalue weighted by atomic mass is 16.6. The molecule has 1 aromatic heterocycles. The number of H-pyrrole nitrogens is 1. The number of benzene rings is 1. The first-order chi connectivity index (χ1) is 9.58. The molecule has 20 heavy (non-hydrogen) atoms. The van der Waals surface area contributed by atoms with Gasteiger partial charge in [-0.2, -0.15) is 5.10 Å². The Morgan fingerprint density at radius 3 is 2.85 bits per heavy atom. The van der Waals surface area contributed by atoms with Gasteiger partial charge in [0.15, 0.2) is 0 Å². The van der Waals surface area contributed by atoms with Crippen molar-refractivity contribution in [2.75, 3.05) is 12.8 Å². The van der Waals surface area contributed by atoms with Crippen LogP contribution in [-0.2, 0) is 6.42 Å². The molecule has 0 spiro atoms. The molecule has 0 aliphatic carbocycles. The van der Waals surface area contributed by atoms with Gasteiger partial charge in [-0.15, -0.1) is 0 Å². The smallest absolute Gasteiger partial charge is 0.273 e. The average Bonchev–Trinajstić information content (AvgIpc) is 2.80. The normalized spacial score (nSPS) is 10.5. The molecular formula is C13H16N4O3. The van der Waals surface area contributed by atoms with Crippen LogP contribution in [0.4, 0.5) is 11.5 Å². The zero-order chi connectivity index (χ0) is 14.7. The highest BCUT2D eigenvalue weighted by Crippen LogP contribution is 2.35. The van der Waals surface area contributed by atoms with Crippen LogP contribution in [0.3, 0.4) is 0 Å². The minimum atomic E-state index is -0.458. The fourth-order valence-corrected chi connectivity index (χ4v) is 2.11. The van der Waals surface area contributed by atoms with Crippen molar-refractivity contribution in [3.05, 3.63) is 33.9 Å². The van der Waals surface area contributed by atoms with E-state index < -0.39 is 4.92 Å². The third kappa shape index (κ3) is 2.42. The van der Waals surface area contributed by atoms with Crippen molar-refractivity contribution in [1.29, 1.82) is 0 Å². The van der Waals surface area contributed by atoms with Gasteiger partial charge in [-0.25, -0.2) is 0 Å². The van der Waals surface area contributed by atoms with Crippen LogP contribution in [0.25, 0.3) is 11.3 Å². The van der Waals surface area contributed by atoms with E-state index >= 15 is 0 Å². The molecule has 2 aromatic rings. The van der Waals surface area contributed by atoms with Gasteiger partial charge in [0.2, 0.25) is 0 Å². The molecule has 0 saturated carbocycles. The molecule has 1 aromatic carbocycles. The number of nitrogen functional groups attached to an aromatic ring is 1. The van der Waals surface area contributed by atoms with E-state index in [0.29, 0.717) is 17.1 Å². The largest absolute Gasteiger partial charge is 0.496 e. The second-order valence-corrected chi connectivity index (χ2v) is 4.35. The molecule has 7 heteroatoms. The molecule has 0 fully saturated rings. The molecule has 0 saturated heterocycles. The van der Waals surface area contributed by atoms with E-state index in [9.17, 15) is 10.1 Å². The Hall–Kier alpha value is -2.57. The Morgan fingerprint density at radius 2 is 2.25 bits per heavy atom. The summed E-state index contributed by atoms with van der Waals surface area (Å²) >= 11 is 0. The topological polar surface area (TPSA) is 107 Å². The molecule has 7 nitrogen and oxygen atoms in total. The first kappa shape index (κ1) is 13.9. The maximum absolute atomic E-state index is 10.8. The summed E-state index contributed by atoms with van der Waals surface area (Å²) in [6, 6.07) is 4.47. The van der Waals surface area contributed by atoms with Crippen molar-refractivity contribution in [2.45, 2.75) is 19.8 Å². The maximum Gasteiger partial charge on any atom is 0.273 e.